The first kappa shape index (κ1) is 15.0. The molecule has 1 unspecified atom stereocenters. The Hall–Kier alpha value is -1.06. The number of benzene rings is 1. The monoisotopic (exact) mass is 268 g/mol. The maximum absolute atomic E-state index is 12.4. The van der Waals surface area contributed by atoms with Gasteiger partial charge in [-0.05, 0) is 38.3 Å². The van der Waals surface area contributed by atoms with E-state index in [1.807, 2.05) is 36.1 Å². The van der Waals surface area contributed by atoms with Crippen LogP contribution in [0.3, 0.4) is 0 Å². The summed E-state index contributed by atoms with van der Waals surface area (Å²) in [7, 11) is 0. The van der Waals surface area contributed by atoms with E-state index >= 15 is 0 Å². The summed E-state index contributed by atoms with van der Waals surface area (Å²) < 4.78 is 0. The van der Waals surface area contributed by atoms with Crippen molar-refractivity contribution < 1.29 is 4.79 Å². The van der Waals surface area contributed by atoms with Crippen LogP contribution in [-0.4, -0.2) is 29.9 Å². The molecule has 4 heteroatoms. The van der Waals surface area contributed by atoms with Crippen molar-refractivity contribution in [1.82, 2.24) is 4.90 Å². The third-order valence-electron chi connectivity index (χ3n) is 3.46. The van der Waals surface area contributed by atoms with Crippen LogP contribution in [0.5, 0.6) is 0 Å². The number of hydrogen-bond donors (Lipinski definition) is 1. The van der Waals surface area contributed by atoms with Crippen LogP contribution in [0.4, 0.5) is 0 Å². The van der Waals surface area contributed by atoms with E-state index in [4.69, 9.17) is 5.73 Å². The van der Waals surface area contributed by atoms with Crippen LogP contribution in [-0.2, 0) is 0 Å². The number of hydrogen-bond acceptors (Lipinski definition) is 2. The molecule has 1 aromatic rings. The van der Waals surface area contributed by atoms with Gasteiger partial charge in [-0.25, -0.2) is 0 Å². The van der Waals surface area contributed by atoms with Crippen molar-refractivity contribution in [2.24, 2.45) is 5.73 Å². The van der Waals surface area contributed by atoms with Gasteiger partial charge < -0.3 is 10.6 Å². The summed E-state index contributed by atoms with van der Waals surface area (Å²) in [6, 6.07) is 7.99. The summed E-state index contributed by atoms with van der Waals surface area (Å²) in [5.74, 6) is 0.125. The number of amides is 1. The van der Waals surface area contributed by atoms with Gasteiger partial charge in [0.05, 0.1) is 0 Å². The fourth-order valence-electron chi connectivity index (χ4n) is 2.37. The Kier molecular flexibility index (Phi) is 5.63. The van der Waals surface area contributed by atoms with Gasteiger partial charge in [-0.1, -0.05) is 17.7 Å². The number of rotatable bonds is 2. The second-order valence-corrected chi connectivity index (χ2v) is 4.75. The zero-order valence-electron chi connectivity index (χ0n) is 10.8. The van der Waals surface area contributed by atoms with Crippen LogP contribution < -0.4 is 5.73 Å². The Bertz CT molecular complexity index is 391. The third kappa shape index (κ3) is 3.24. The average Bonchev–Trinajstić information content (AvgIpc) is 2.39. The van der Waals surface area contributed by atoms with E-state index in [1.54, 1.807) is 0 Å². The van der Waals surface area contributed by atoms with Crippen molar-refractivity contribution in [2.45, 2.75) is 32.2 Å². The Morgan fingerprint density at radius 1 is 1.33 bits per heavy atom. The molecule has 1 aliphatic heterocycles. The molecule has 0 bridgehead atoms. The fourth-order valence-corrected chi connectivity index (χ4v) is 2.37. The predicted octanol–water partition coefficient (Wildman–Crippen LogP) is 2.37. The molecule has 1 heterocycles. The number of carbonyl (C=O) groups is 1. The van der Waals surface area contributed by atoms with E-state index in [2.05, 4.69) is 0 Å². The Morgan fingerprint density at radius 3 is 2.61 bits per heavy atom. The number of piperidine rings is 1. The van der Waals surface area contributed by atoms with Crippen LogP contribution in [0.1, 0.15) is 35.2 Å². The summed E-state index contributed by atoms with van der Waals surface area (Å²) in [6.45, 7) is 3.43. The normalized spacial score (nSPS) is 19.2. The minimum absolute atomic E-state index is 0. The molecule has 1 aliphatic rings. The molecular weight excluding hydrogens is 248 g/mol. The quantitative estimate of drug-likeness (QED) is 0.895. The van der Waals surface area contributed by atoms with E-state index in [0.29, 0.717) is 6.54 Å². The van der Waals surface area contributed by atoms with Crippen LogP contribution in [0.2, 0.25) is 0 Å². The molecule has 1 aromatic carbocycles. The molecule has 1 saturated heterocycles. The molecule has 3 nitrogen and oxygen atoms in total. The zero-order valence-corrected chi connectivity index (χ0v) is 11.6. The molecule has 2 N–H and O–H groups in total. The molecule has 1 atom stereocenters. The minimum atomic E-state index is 0. The second-order valence-electron chi connectivity index (χ2n) is 4.75. The Morgan fingerprint density at radius 2 is 2.00 bits per heavy atom. The number of aryl methyl sites for hydroxylation is 1. The van der Waals surface area contributed by atoms with E-state index in [1.165, 1.54) is 12.0 Å². The molecule has 2 rings (SSSR count). The van der Waals surface area contributed by atoms with Crippen molar-refractivity contribution in [1.29, 1.82) is 0 Å². The standard InChI is InChI=1S/C14H20N2O.ClH/c1-11-5-7-12(8-6-11)14(17)16-9-3-2-4-13(16)10-15;/h5-8,13H,2-4,9-10,15H2,1H3;1H. The lowest BCUT2D eigenvalue weighted by Gasteiger charge is -2.35. The number of halogens is 1. The topological polar surface area (TPSA) is 46.3 Å². The number of likely N-dealkylation sites (tertiary alicyclic amines) is 1. The van der Waals surface area contributed by atoms with Gasteiger partial charge in [0.25, 0.3) is 5.91 Å². The first-order valence-electron chi connectivity index (χ1n) is 6.30. The molecule has 100 valence electrons. The average molecular weight is 269 g/mol. The summed E-state index contributed by atoms with van der Waals surface area (Å²) in [6.07, 6.45) is 3.31. The van der Waals surface area contributed by atoms with Crippen LogP contribution in [0.25, 0.3) is 0 Å². The first-order chi connectivity index (χ1) is 8.22. The number of carbonyl (C=O) groups excluding carboxylic acids is 1. The lowest BCUT2D eigenvalue weighted by Crippen LogP contribution is -2.47. The first-order valence-corrected chi connectivity index (χ1v) is 6.30. The van der Waals surface area contributed by atoms with Gasteiger partial charge in [-0.3, -0.25) is 4.79 Å². The highest BCUT2D eigenvalue weighted by Gasteiger charge is 2.26. The summed E-state index contributed by atoms with van der Waals surface area (Å²) in [4.78, 5) is 14.3. The SMILES string of the molecule is Cc1ccc(C(=O)N2CCCCC2CN)cc1.Cl. The van der Waals surface area contributed by atoms with Gasteiger partial charge in [0.1, 0.15) is 0 Å². The molecule has 18 heavy (non-hydrogen) atoms. The van der Waals surface area contributed by atoms with Gasteiger partial charge in [-0.2, -0.15) is 0 Å². The van der Waals surface area contributed by atoms with Crippen LogP contribution >= 0.6 is 12.4 Å². The van der Waals surface area contributed by atoms with Crippen molar-refractivity contribution in [3.8, 4) is 0 Å². The maximum Gasteiger partial charge on any atom is 0.254 e. The van der Waals surface area contributed by atoms with Gasteiger partial charge >= 0.3 is 0 Å². The lowest BCUT2D eigenvalue weighted by molar-refractivity contribution is 0.0623. The van der Waals surface area contributed by atoms with Crippen molar-refractivity contribution in [2.75, 3.05) is 13.1 Å². The largest absolute Gasteiger partial charge is 0.334 e. The summed E-state index contributed by atoms with van der Waals surface area (Å²) in [5.41, 5.74) is 7.69. The molecule has 0 spiro atoms. The highest BCUT2D eigenvalue weighted by Crippen LogP contribution is 2.19. The zero-order chi connectivity index (χ0) is 12.3. The third-order valence-corrected chi connectivity index (χ3v) is 3.46. The van der Waals surface area contributed by atoms with Crippen molar-refractivity contribution >= 4 is 18.3 Å². The van der Waals surface area contributed by atoms with E-state index in [9.17, 15) is 4.79 Å². The van der Waals surface area contributed by atoms with E-state index in [0.717, 1.165) is 24.9 Å². The van der Waals surface area contributed by atoms with Gasteiger partial charge in [0.15, 0.2) is 0 Å². The lowest BCUT2D eigenvalue weighted by atomic mass is 10.0. The predicted molar refractivity (Wildman–Crippen MR) is 76.2 cm³/mol. The van der Waals surface area contributed by atoms with E-state index in [-0.39, 0.29) is 24.4 Å². The number of nitrogens with two attached hydrogens (primary N) is 1. The van der Waals surface area contributed by atoms with Gasteiger partial charge in [0, 0.05) is 24.7 Å². The Balaban J connectivity index is 0.00000162. The second kappa shape index (κ2) is 6.76. The smallest absolute Gasteiger partial charge is 0.254 e. The fraction of sp³-hybridized carbons (Fsp3) is 0.500. The molecule has 0 radical (unpaired) electrons. The van der Waals surface area contributed by atoms with Gasteiger partial charge in [0.2, 0.25) is 0 Å². The highest BCUT2D eigenvalue weighted by atomic mass is 35.5. The molecule has 0 aliphatic carbocycles. The maximum atomic E-state index is 12.4. The molecule has 1 fully saturated rings. The molecular formula is C14H21ClN2O. The highest BCUT2D eigenvalue weighted by molar-refractivity contribution is 5.94. The van der Waals surface area contributed by atoms with Crippen molar-refractivity contribution in [3.63, 3.8) is 0 Å². The molecule has 0 aromatic heterocycles. The van der Waals surface area contributed by atoms with Crippen LogP contribution in [0, 0.1) is 6.92 Å². The van der Waals surface area contributed by atoms with Crippen molar-refractivity contribution in [3.05, 3.63) is 35.4 Å². The summed E-state index contributed by atoms with van der Waals surface area (Å²) >= 11 is 0. The molecule has 1 amide bonds. The number of nitrogens with zero attached hydrogens (tertiary/aromatic N) is 1. The molecule has 0 saturated carbocycles. The minimum Gasteiger partial charge on any atom is -0.334 e. The van der Waals surface area contributed by atoms with Crippen LogP contribution in [0.15, 0.2) is 24.3 Å². The van der Waals surface area contributed by atoms with Gasteiger partial charge in [-0.15, -0.1) is 12.4 Å². The summed E-state index contributed by atoms with van der Waals surface area (Å²) in [5, 5.41) is 0. The Labute approximate surface area is 115 Å². The van der Waals surface area contributed by atoms with E-state index < -0.39 is 0 Å².